The third kappa shape index (κ3) is 11.9. The summed E-state index contributed by atoms with van der Waals surface area (Å²) < 4.78 is 10.3. The third-order valence-electron chi connectivity index (χ3n) is 2.52. The van der Waals surface area contributed by atoms with Crippen molar-refractivity contribution in [3.63, 3.8) is 0 Å². The summed E-state index contributed by atoms with van der Waals surface area (Å²) in [6, 6.07) is 0. The molecule has 0 bridgehead atoms. The Morgan fingerprint density at radius 1 is 1.33 bits per heavy atom. The highest BCUT2D eigenvalue weighted by atomic mass is 16.6. The van der Waals surface area contributed by atoms with Crippen molar-refractivity contribution >= 4 is 5.97 Å². The van der Waals surface area contributed by atoms with Gasteiger partial charge in [-0.05, 0) is 24.2 Å². The van der Waals surface area contributed by atoms with Crippen molar-refractivity contribution in [3.8, 4) is 0 Å². The lowest BCUT2D eigenvalue weighted by Gasteiger charge is -2.22. The van der Waals surface area contributed by atoms with Gasteiger partial charge in [0, 0.05) is 13.0 Å². The van der Waals surface area contributed by atoms with E-state index >= 15 is 0 Å². The number of unbranched alkanes of at least 4 members (excludes halogenated alkanes) is 1. The summed E-state index contributed by atoms with van der Waals surface area (Å²) in [5.41, 5.74) is 0.257. The lowest BCUT2D eigenvalue weighted by Crippen LogP contribution is -2.16. The summed E-state index contributed by atoms with van der Waals surface area (Å²) in [6.07, 6.45) is 3.66. The molecule has 0 heterocycles. The maximum Gasteiger partial charge on any atom is 0.306 e. The van der Waals surface area contributed by atoms with Gasteiger partial charge in [0.1, 0.15) is 0 Å². The van der Waals surface area contributed by atoms with Crippen molar-refractivity contribution in [2.45, 2.75) is 60.3 Å². The van der Waals surface area contributed by atoms with Gasteiger partial charge < -0.3 is 9.47 Å². The molecular weight excluding hydrogens is 228 g/mol. The van der Waals surface area contributed by atoms with E-state index < -0.39 is 0 Å². The van der Waals surface area contributed by atoms with Gasteiger partial charge in [-0.25, -0.2) is 0 Å². The van der Waals surface area contributed by atoms with Crippen LogP contribution in [0.2, 0.25) is 0 Å². The number of carbonyl (C=O) groups excluding carboxylic acids is 1. The number of hydrogen-bond acceptors (Lipinski definition) is 3. The molecule has 3 nitrogen and oxygen atoms in total. The normalized spacial score (nSPS) is 13.4. The van der Waals surface area contributed by atoms with Crippen LogP contribution in [0.3, 0.4) is 0 Å². The van der Waals surface area contributed by atoms with Crippen LogP contribution in [0.5, 0.6) is 0 Å². The van der Waals surface area contributed by atoms with Gasteiger partial charge in [-0.1, -0.05) is 41.0 Å². The highest BCUT2D eigenvalue weighted by Crippen LogP contribution is 2.26. The largest absolute Gasteiger partial charge is 0.456 e. The zero-order valence-corrected chi connectivity index (χ0v) is 12.6. The molecule has 1 atom stereocenters. The average molecular weight is 257 g/mol. The van der Waals surface area contributed by atoms with Gasteiger partial charge in [-0.3, -0.25) is 4.79 Å². The highest BCUT2D eigenvalue weighted by Gasteiger charge is 2.18. The minimum atomic E-state index is -0.161. The Morgan fingerprint density at radius 2 is 2.00 bits per heavy atom. The van der Waals surface area contributed by atoms with Crippen molar-refractivity contribution in [3.05, 3.63) is 6.61 Å². The van der Waals surface area contributed by atoms with Gasteiger partial charge in [-0.2, -0.15) is 0 Å². The van der Waals surface area contributed by atoms with Crippen LogP contribution >= 0.6 is 0 Å². The van der Waals surface area contributed by atoms with E-state index in [2.05, 4.69) is 34.6 Å². The molecule has 1 radical (unpaired) electrons. The molecule has 0 aromatic carbocycles. The molecule has 0 amide bonds. The first kappa shape index (κ1) is 17.4. The number of hydrogen-bond donors (Lipinski definition) is 0. The van der Waals surface area contributed by atoms with E-state index in [0.29, 0.717) is 18.9 Å². The van der Waals surface area contributed by atoms with Crippen LogP contribution in [0.15, 0.2) is 0 Å². The van der Waals surface area contributed by atoms with Crippen molar-refractivity contribution < 1.29 is 14.3 Å². The molecule has 0 aliphatic heterocycles. The molecule has 0 aromatic heterocycles. The number of esters is 1. The predicted molar refractivity (Wildman–Crippen MR) is 74.0 cm³/mol. The molecule has 0 saturated carbocycles. The topological polar surface area (TPSA) is 35.5 Å². The van der Waals surface area contributed by atoms with Crippen molar-refractivity contribution in [1.82, 2.24) is 0 Å². The molecule has 0 aliphatic rings. The van der Waals surface area contributed by atoms with Crippen molar-refractivity contribution in [2.24, 2.45) is 11.3 Å². The Kier molecular flexibility index (Phi) is 9.08. The van der Waals surface area contributed by atoms with Gasteiger partial charge in [0.15, 0.2) is 6.61 Å². The van der Waals surface area contributed by atoms with Crippen molar-refractivity contribution in [1.29, 1.82) is 0 Å². The number of rotatable bonds is 9. The van der Waals surface area contributed by atoms with Gasteiger partial charge in [-0.15, -0.1) is 0 Å². The number of ether oxygens (including phenoxy) is 2. The van der Waals surface area contributed by atoms with Crippen LogP contribution in [-0.2, 0) is 14.3 Å². The summed E-state index contributed by atoms with van der Waals surface area (Å²) >= 11 is 0. The smallest absolute Gasteiger partial charge is 0.306 e. The van der Waals surface area contributed by atoms with Crippen LogP contribution in [-0.4, -0.2) is 19.2 Å². The van der Waals surface area contributed by atoms with Crippen LogP contribution in [0.4, 0.5) is 0 Å². The monoisotopic (exact) mass is 257 g/mol. The average Bonchev–Trinajstić information content (AvgIpc) is 2.20. The summed E-state index contributed by atoms with van der Waals surface area (Å²) in [7, 11) is 0. The zero-order valence-electron chi connectivity index (χ0n) is 12.6. The predicted octanol–water partition coefficient (Wildman–Crippen LogP) is 3.97. The second-order valence-corrected chi connectivity index (χ2v) is 6.16. The maximum atomic E-state index is 11.5. The molecular formula is C15H29O3. The molecule has 0 fully saturated rings. The van der Waals surface area contributed by atoms with Gasteiger partial charge in [0.25, 0.3) is 0 Å². The Bertz CT molecular complexity index is 218. The van der Waals surface area contributed by atoms with Crippen molar-refractivity contribution in [2.75, 3.05) is 13.2 Å². The second-order valence-electron chi connectivity index (χ2n) is 6.16. The van der Waals surface area contributed by atoms with Crippen LogP contribution < -0.4 is 0 Å². The SMILES string of the molecule is CCCCOC[CH]OC(=O)CC(C)CC(C)(C)C. The fraction of sp³-hybridized carbons (Fsp3) is 0.867. The number of carbonyl (C=O) groups is 1. The highest BCUT2D eigenvalue weighted by molar-refractivity contribution is 5.70. The Balaban J connectivity index is 3.53. The van der Waals surface area contributed by atoms with Crippen LogP contribution in [0, 0.1) is 17.9 Å². The molecule has 0 saturated heterocycles. The molecule has 0 aliphatic carbocycles. The molecule has 0 N–H and O–H groups in total. The first-order chi connectivity index (χ1) is 8.35. The summed E-state index contributed by atoms with van der Waals surface area (Å²) in [5.74, 6) is 0.192. The summed E-state index contributed by atoms with van der Waals surface area (Å²) in [4.78, 5) is 11.5. The molecule has 0 rings (SSSR count). The summed E-state index contributed by atoms with van der Waals surface area (Å²) in [5, 5.41) is 0. The Hall–Kier alpha value is -0.570. The Morgan fingerprint density at radius 3 is 2.56 bits per heavy atom. The third-order valence-corrected chi connectivity index (χ3v) is 2.52. The van der Waals surface area contributed by atoms with E-state index in [1.54, 1.807) is 0 Å². The fourth-order valence-corrected chi connectivity index (χ4v) is 1.95. The second kappa shape index (κ2) is 9.37. The lowest BCUT2D eigenvalue weighted by atomic mass is 9.84. The zero-order chi connectivity index (χ0) is 14.0. The first-order valence-corrected chi connectivity index (χ1v) is 6.94. The maximum absolute atomic E-state index is 11.5. The molecule has 0 aromatic rings. The van der Waals surface area contributed by atoms with E-state index in [1.165, 1.54) is 6.61 Å². The summed E-state index contributed by atoms with van der Waals surface area (Å²) in [6.45, 7) is 13.3. The quantitative estimate of drug-likeness (QED) is 0.463. The van der Waals surface area contributed by atoms with E-state index in [0.717, 1.165) is 25.9 Å². The van der Waals surface area contributed by atoms with E-state index in [9.17, 15) is 4.79 Å². The van der Waals surface area contributed by atoms with Gasteiger partial charge in [0.2, 0.25) is 0 Å². The van der Waals surface area contributed by atoms with Gasteiger partial charge >= 0.3 is 5.97 Å². The molecule has 0 spiro atoms. The van der Waals surface area contributed by atoms with E-state index in [1.807, 2.05) is 0 Å². The molecule has 3 heteroatoms. The van der Waals surface area contributed by atoms with Crippen LogP contribution in [0.1, 0.15) is 60.3 Å². The van der Waals surface area contributed by atoms with Crippen LogP contribution in [0.25, 0.3) is 0 Å². The first-order valence-electron chi connectivity index (χ1n) is 6.94. The standard InChI is InChI=1S/C15H29O3/c1-6-7-8-17-9-10-18-14(16)11-13(2)12-15(3,4)5/h10,13H,6-9,11-12H2,1-5H3. The minimum absolute atomic E-state index is 0.161. The van der Waals surface area contributed by atoms with E-state index in [4.69, 9.17) is 9.47 Å². The van der Waals surface area contributed by atoms with Gasteiger partial charge in [0.05, 0.1) is 6.61 Å². The Labute approximate surface area is 112 Å². The molecule has 107 valence electrons. The minimum Gasteiger partial charge on any atom is -0.456 e. The molecule has 18 heavy (non-hydrogen) atoms. The lowest BCUT2D eigenvalue weighted by molar-refractivity contribution is -0.142. The molecule has 1 unspecified atom stereocenters. The van der Waals surface area contributed by atoms with E-state index in [-0.39, 0.29) is 11.4 Å². The fourth-order valence-electron chi connectivity index (χ4n) is 1.95.